The Morgan fingerprint density at radius 3 is 2.53 bits per heavy atom. The number of H-pyrrole nitrogens is 1. The maximum atomic E-state index is 12.6. The molecule has 0 spiro atoms. The summed E-state index contributed by atoms with van der Waals surface area (Å²) in [6.45, 7) is 7.25. The summed E-state index contributed by atoms with van der Waals surface area (Å²) in [5.41, 5.74) is 0.680. The second-order valence-electron chi connectivity index (χ2n) is 4.50. The Balaban J connectivity index is 3.03. The molecule has 1 rings (SSSR count). The monoisotopic (exact) mass is 288 g/mol. The third kappa shape index (κ3) is 3.55. The normalized spacial score (nSPS) is 12.5. The van der Waals surface area contributed by atoms with Crippen molar-refractivity contribution in [3.05, 3.63) is 11.8 Å². The number of aromatic nitrogens is 2. The van der Waals surface area contributed by atoms with Gasteiger partial charge in [-0.05, 0) is 19.4 Å². The molecule has 19 heavy (non-hydrogen) atoms. The quantitative estimate of drug-likeness (QED) is 0.756. The number of rotatable bonds is 8. The Morgan fingerprint density at radius 1 is 1.37 bits per heavy atom. The average molecular weight is 288 g/mol. The summed E-state index contributed by atoms with van der Waals surface area (Å²) in [4.78, 5) is 0. The van der Waals surface area contributed by atoms with Gasteiger partial charge in [-0.2, -0.15) is 9.40 Å². The molecule has 110 valence electrons. The second kappa shape index (κ2) is 7.02. The molecule has 0 radical (unpaired) electrons. The van der Waals surface area contributed by atoms with Crippen LogP contribution in [0.4, 0.5) is 0 Å². The van der Waals surface area contributed by atoms with Crippen LogP contribution in [0.15, 0.2) is 11.2 Å². The SMILES string of the molecule is CCNCc1cn[nH]c1S(=O)(=O)N(C)C(CC)CC. The smallest absolute Gasteiger partial charge is 0.260 e. The Hall–Kier alpha value is -0.920. The molecule has 0 saturated heterocycles. The molecule has 6 nitrogen and oxygen atoms in total. The zero-order chi connectivity index (χ0) is 14.5. The molecule has 0 unspecified atom stereocenters. The topological polar surface area (TPSA) is 78.1 Å². The van der Waals surface area contributed by atoms with Crippen molar-refractivity contribution in [1.29, 1.82) is 0 Å². The first-order valence-electron chi connectivity index (χ1n) is 6.69. The number of nitrogens with one attached hydrogen (secondary N) is 2. The lowest BCUT2D eigenvalue weighted by molar-refractivity contribution is 0.348. The van der Waals surface area contributed by atoms with Crippen molar-refractivity contribution in [2.24, 2.45) is 0 Å². The van der Waals surface area contributed by atoms with Crippen molar-refractivity contribution in [3.8, 4) is 0 Å². The molecular formula is C12H24N4O2S. The number of sulfonamides is 1. The highest BCUT2D eigenvalue weighted by molar-refractivity contribution is 7.89. The molecule has 1 aromatic heterocycles. The fourth-order valence-corrected chi connectivity index (χ4v) is 3.65. The van der Waals surface area contributed by atoms with Gasteiger partial charge in [-0.1, -0.05) is 20.8 Å². The van der Waals surface area contributed by atoms with Gasteiger partial charge in [0.2, 0.25) is 0 Å². The Morgan fingerprint density at radius 2 is 2.00 bits per heavy atom. The minimum Gasteiger partial charge on any atom is -0.313 e. The van der Waals surface area contributed by atoms with E-state index in [0.717, 1.165) is 19.4 Å². The zero-order valence-electron chi connectivity index (χ0n) is 12.1. The van der Waals surface area contributed by atoms with Crippen LogP contribution < -0.4 is 5.32 Å². The molecule has 0 aliphatic heterocycles. The highest BCUT2D eigenvalue weighted by Crippen LogP contribution is 2.20. The van der Waals surface area contributed by atoms with Crippen LogP contribution in [0.2, 0.25) is 0 Å². The highest BCUT2D eigenvalue weighted by Gasteiger charge is 2.29. The minimum absolute atomic E-state index is 0.0142. The Bertz CT molecular complexity index is 480. The molecule has 0 atom stereocenters. The summed E-state index contributed by atoms with van der Waals surface area (Å²) in [5, 5.41) is 9.80. The van der Waals surface area contributed by atoms with Crippen LogP contribution in [0.5, 0.6) is 0 Å². The van der Waals surface area contributed by atoms with E-state index < -0.39 is 10.0 Å². The number of hydrogen-bond acceptors (Lipinski definition) is 4. The number of hydrogen-bond donors (Lipinski definition) is 2. The highest BCUT2D eigenvalue weighted by atomic mass is 32.2. The standard InChI is InChI=1S/C12H24N4O2S/c1-5-11(6-2)16(4)19(17,18)12-10(8-13-7-3)9-14-15-12/h9,11,13H,5-8H2,1-4H3,(H,14,15). The molecule has 1 heterocycles. The molecular weight excluding hydrogens is 264 g/mol. The first-order chi connectivity index (χ1) is 8.98. The van der Waals surface area contributed by atoms with Crippen LogP contribution in [0.1, 0.15) is 39.2 Å². The fourth-order valence-electron chi connectivity index (χ4n) is 2.05. The molecule has 0 aliphatic rings. The Kier molecular flexibility index (Phi) is 5.96. The van der Waals surface area contributed by atoms with Crippen LogP contribution >= 0.6 is 0 Å². The van der Waals surface area contributed by atoms with Gasteiger partial charge in [-0.15, -0.1) is 0 Å². The van der Waals surface area contributed by atoms with E-state index in [1.807, 2.05) is 20.8 Å². The van der Waals surface area contributed by atoms with Crippen molar-refractivity contribution in [2.45, 2.75) is 51.2 Å². The predicted molar refractivity (Wildman–Crippen MR) is 75.3 cm³/mol. The van der Waals surface area contributed by atoms with E-state index in [-0.39, 0.29) is 11.1 Å². The first-order valence-corrected chi connectivity index (χ1v) is 8.13. The van der Waals surface area contributed by atoms with Crippen molar-refractivity contribution in [1.82, 2.24) is 19.8 Å². The van der Waals surface area contributed by atoms with Crippen LogP contribution in [-0.2, 0) is 16.6 Å². The molecule has 7 heteroatoms. The maximum Gasteiger partial charge on any atom is 0.260 e. The third-order valence-corrected chi connectivity index (χ3v) is 5.26. The van der Waals surface area contributed by atoms with Gasteiger partial charge in [-0.25, -0.2) is 8.42 Å². The largest absolute Gasteiger partial charge is 0.313 e. The molecule has 0 fully saturated rings. The van der Waals surface area contributed by atoms with Gasteiger partial charge in [0.25, 0.3) is 10.0 Å². The lowest BCUT2D eigenvalue weighted by atomic mass is 10.2. The zero-order valence-corrected chi connectivity index (χ0v) is 12.9. The van der Waals surface area contributed by atoms with Crippen LogP contribution in [-0.4, -0.2) is 42.6 Å². The number of nitrogens with zero attached hydrogens (tertiary/aromatic N) is 2. The van der Waals surface area contributed by atoms with Gasteiger partial charge >= 0.3 is 0 Å². The van der Waals surface area contributed by atoms with Crippen LogP contribution in [0, 0.1) is 0 Å². The van der Waals surface area contributed by atoms with E-state index in [4.69, 9.17) is 0 Å². The molecule has 0 amide bonds. The van der Waals surface area contributed by atoms with E-state index >= 15 is 0 Å². The first kappa shape index (κ1) is 16.1. The van der Waals surface area contributed by atoms with E-state index in [2.05, 4.69) is 15.5 Å². The van der Waals surface area contributed by atoms with Gasteiger partial charge in [-0.3, -0.25) is 5.10 Å². The van der Waals surface area contributed by atoms with E-state index in [9.17, 15) is 8.42 Å². The molecule has 0 aromatic carbocycles. The van der Waals surface area contributed by atoms with Crippen molar-refractivity contribution in [2.75, 3.05) is 13.6 Å². The summed E-state index contributed by atoms with van der Waals surface area (Å²) in [7, 11) is -1.88. The lowest BCUT2D eigenvalue weighted by Gasteiger charge is -2.25. The van der Waals surface area contributed by atoms with Gasteiger partial charge in [0.1, 0.15) is 0 Å². The summed E-state index contributed by atoms with van der Waals surface area (Å²) in [5.74, 6) is 0. The third-order valence-electron chi connectivity index (χ3n) is 3.34. The molecule has 0 saturated carbocycles. The van der Waals surface area contributed by atoms with Crippen molar-refractivity contribution in [3.63, 3.8) is 0 Å². The molecule has 2 N–H and O–H groups in total. The van der Waals surface area contributed by atoms with Gasteiger partial charge in [0.15, 0.2) is 5.03 Å². The predicted octanol–water partition coefficient (Wildman–Crippen LogP) is 1.33. The van der Waals surface area contributed by atoms with Crippen molar-refractivity contribution >= 4 is 10.0 Å². The van der Waals surface area contributed by atoms with Gasteiger partial charge < -0.3 is 5.32 Å². The fraction of sp³-hybridized carbons (Fsp3) is 0.750. The molecule has 0 bridgehead atoms. The van der Waals surface area contributed by atoms with Crippen LogP contribution in [0.25, 0.3) is 0 Å². The maximum absolute atomic E-state index is 12.6. The minimum atomic E-state index is -3.50. The van der Waals surface area contributed by atoms with Crippen molar-refractivity contribution < 1.29 is 8.42 Å². The molecule has 1 aromatic rings. The lowest BCUT2D eigenvalue weighted by Crippen LogP contribution is -2.37. The second-order valence-corrected chi connectivity index (χ2v) is 6.43. The van der Waals surface area contributed by atoms with E-state index in [1.54, 1.807) is 13.2 Å². The van der Waals surface area contributed by atoms with Gasteiger partial charge in [0, 0.05) is 25.2 Å². The molecule has 0 aliphatic carbocycles. The summed E-state index contributed by atoms with van der Waals surface area (Å²) < 4.78 is 26.6. The van der Waals surface area contributed by atoms with E-state index in [1.165, 1.54) is 4.31 Å². The summed E-state index contributed by atoms with van der Waals surface area (Å²) in [6.07, 6.45) is 3.15. The number of aromatic amines is 1. The average Bonchev–Trinajstić information content (AvgIpc) is 2.86. The van der Waals surface area contributed by atoms with Gasteiger partial charge in [0.05, 0.1) is 6.20 Å². The summed E-state index contributed by atoms with van der Waals surface area (Å²) >= 11 is 0. The van der Waals surface area contributed by atoms with Crippen LogP contribution in [0.3, 0.4) is 0 Å². The van der Waals surface area contributed by atoms with E-state index in [0.29, 0.717) is 12.1 Å². The Labute approximate surface area is 115 Å². The summed E-state index contributed by atoms with van der Waals surface area (Å²) in [6, 6.07) is 0.0142.